The van der Waals surface area contributed by atoms with E-state index in [4.69, 9.17) is 21.1 Å². The number of nitrogens with zero attached hydrogens (tertiary/aromatic N) is 3. The van der Waals surface area contributed by atoms with Gasteiger partial charge in [-0.05, 0) is 96.3 Å². The molecule has 0 spiro atoms. The van der Waals surface area contributed by atoms with Crippen molar-refractivity contribution in [3.63, 3.8) is 0 Å². The van der Waals surface area contributed by atoms with Gasteiger partial charge in [0.2, 0.25) is 0 Å². The van der Waals surface area contributed by atoms with Gasteiger partial charge < -0.3 is 19.7 Å². The molecule has 14 heteroatoms. The van der Waals surface area contributed by atoms with Gasteiger partial charge in [0.15, 0.2) is 0 Å². The first kappa shape index (κ1) is 42.6. The van der Waals surface area contributed by atoms with E-state index in [-0.39, 0.29) is 29.0 Å². The topological polar surface area (TPSA) is 143 Å². The minimum Gasteiger partial charge on any atom is -0.456 e. The summed E-state index contributed by atoms with van der Waals surface area (Å²) in [6.07, 6.45) is 2.62. The van der Waals surface area contributed by atoms with Gasteiger partial charge in [0.1, 0.15) is 17.2 Å². The Labute approximate surface area is 356 Å². The predicted octanol–water partition coefficient (Wildman–Crippen LogP) is 9.40. The summed E-state index contributed by atoms with van der Waals surface area (Å²) >= 11 is 6.21. The Morgan fingerprint density at radius 1 is 0.933 bits per heavy atom. The molecule has 314 valence electrons. The Hall–Kier alpha value is -5.47. The van der Waals surface area contributed by atoms with Gasteiger partial charge >= 0.3 is 0 Å². The Bertz CT molecular complexity index is 2390. The van der Waals surface area contributed by atoms with Gasteiger partial charge in [0.05, 0.1) is 15.4 Å². The Kier molecular flexibility index (Phi) is 13.7. The molecule has 0 radical (unpaired) electrons. The first-order valence-electron chi connectivity index (χ1n) is 20.3. The van der Waals surface area contributed by atoms with E-state index in [9.17, 15) is 23.3 Å². The number of carbonyl (C=O) groups is 1. The maximum absolute atomic E-state index is 13.9. The molecule has 60 heavy (non-hydrogen) atoms. The van der Waals surface area contributed by atoms with E-state index in [2.05, 4.69) is 70.1 Å². The van der Waals surface area contributed by atoms with Crippen LogP contribution in [0.4, 0.5) is 17.1 Å². The second-order valence-electron chi connectivity index (χ2n) is 15.8. The van der Waals surface area contributed by atoms with Crippen LogP contribution in [0.15, 0.2) is 120 Å². The number of sulfonamides is 1. The molecule has 12 nitrogen and oxygen atoms in total. The number of rotatable bonds is 15. The minimum absolute atomic E-state index is 0.00778. The monoisotopic (exact) mass is 851 g/mol. The summed E-state index contributed by atoms with van der Waals surface area (Å²) in [5.74, 6) is 0.427. The average molecular weight is 852 g/mol. The molecule has 5 aromatic rings. The fraction of sp³-hybridized carbons (Fsp3) is 0.326. The number of hydrogen-bond acceptors (Lipinski definition) is 10. The number of nitro groups is 1. The van der Waals surface area contributed by atoms with Crippen LogP contribution in [-0.2, 0) is 21.3 Å². The molecule has 2 aliphatic rings. The number of amides is 1. The quantitative estimate of drug-likeness (QED) is 0.0773. The number of hydrogen-bond donors (Lipinski definition) is 2. The number of piperazine rings is 1. The highest BCUT2D eigenvalue weighted by molar-refractivity contribution is 7.90. The number of para-hydroxylation sites is 1. The van der Waals surface area contributed by atoms with Crippen molar-refractivity contribution in [3.8, 4) is 22.6 Å². The predicted molar refractivity (Wildman–Crippen MR) is 235 cm³/mol. The first-order valence-corrected chi connectivity index (χ1v) is 22.2. The summed E-state index contributed by atoms with van der Waals surface area (Å²) in [7, 11) is -4.54. The number of nitrogens with one attached hydrogen (secondary N) is 2. The van der Waals surface area contributed by atoms with Crippen LogP contribution in [0.2, 0.25) is 5.02 Å². The van der Waals surface area contributed by atoms with Crippen LogP contribution in [0.1, 0.15) is 49.0 Å². The summed E-state index contributed by atoms with van der Waals surface area (Å²) in [6, 6.07) is 34.3. The lowest BCUT2D eigenvalue weighted by atomic mass is 9.96. The third-order valence-corrected chi connectivity index (χ3v) is 12.6. The minimum atomic E-state index is -4.54. The zero-order chi connectivity index (χ0) is 42.2. The van der Waals surface area contributed by atoms with E-state index in [0.29, 0.717) is 43.0 Å². The van der Waals surface area contributed by atoms with Crippen molar-refractivity contribution < 1.29 is 27.6 Å². The third-order valence-electron chi connectivity index (χ3n) is 11.1. The molecular weight excluding hydrogens is 802 g/mol. The number of carbonyl (C=O) groups excluding carboxylic acids is 1. The van der Waals surface area contributed by atoms with E-state index >= 15 is 0 Å². The van der Waals surface area contributed by atoms with Gasteiger partial charge in [-0.3, -0.25) is 19.8 Å². The standard InChI is InChI=1S/C46H50ClN5O7S/c1-32(2)26-38-31-51(23-22-50(38)30-35-8-6-7-11-41(35)34-12-14-36(47)15-13-34)37-16-18-42(45(27-37)59-39-9-4-3-5-10-39)46(53)49-60(56,57)40-17-19-43(44(28-40)52(54)55)48-29-33-20-24-58-25-21-33/h3-19,27-28,32-33,38,48H,20-26,29-31H2,1-2H3,(H,49,53). The highest BCUT2D eigenvalue weighted by Crippen LogP contribution is 2.34. The molecule has 5 aromatic carbocycles. The SMILES string of the molecule is CC(C)CC1CN(c2ccc(C(=O)NS(=O)(=O)c3ccc(NCC4CCOCC4)c([N+](=O)[O-])c3)c(Oc3ccccc3)c2)CCN1Cc1ccccc1-c1ccc(Cl)cc1. The van der Waals surface area contributed by atoms with Crippen LogP contribution in [0.25, 0.3) is 11.1 Å². The van der Waals surface area contributed by atoms with E-state index < -0.39 is 31.4 Å². The van der Waals surface area contributed by atoms with Crippen LogP contribution in [0.3, 0.4) is 0 Å². The summed E-state index contributed by atoms with van der Waals surface area (Å²) in [4.78, 5) is 29.7. The normalized spacial score (nSPS) is 16.4. The summed E-state index contributed by atoms with van der Waals surface area (Å²) < 4.78 is 41.1. The van der Waals surface area contributed by atoms with Crippen LogP contribution in [0.5, 0.6) is 11.5 Å². The van der Waals surface area contributed by atoms with E-state index in [0.717, 1.165) is 56.2 Å². The number of nitro benzene ring substituents is 1. The zero-order valence-corrected chi connectivity index (χ0v) is 35.3. The van der Waals surface area contributed by atoms with Gasteiger partial charge in [-0.25, -0.2) is 13.1 Å². The van der Waals surface area contributed by atoms with E-state index in [1.54, 1.807) is 42.5 Å². The largest absolute Gasteiger partial charge is 0.456 e. The molecule has 2 saturated heterocycles. The lowest BCUT2D eigenvalue weighted by Gasteiger charge is -2.43. The van der Waals surface area contributed by atoms with Gasteiger partial charge in [-0.1, -0.05) is 80.0 Å². The summed E-state index contributed by atoms with van der Waals surface area (Å²) in [5.41, 5.74) is 4.14. The van der Waals surface area contributed by atoms with Crippen LogP contribution in [0, 0.1) is 22.0 Å². The maximum Gasteiger partial charge on any atom is 0.293 e. The molecular formula is C46H50ClN5O7S. The van der Waals surface area contributed by atoms with Crippen molar-refractivity contribution >= 4 is 44.6 Å². The zero-order valence-electron chi connectivity index (χ0n) is 33.8. The molecule has 0 aromatic heterocycles. The molecule has 2 N–H and O–H groups in total. The Balaban J connectivity index is 1.11. The first-order chi connectivity index (χ1) is 28.9. The van der Waals surface area contributed by atoms with Crippen LogP contribution in [-0.4, -0.2) is 69.6 Å². The second-order valence-corrected chi connectivity index (χ2v) is 17.9. The molecule has 2 aliphatic heterocycles. The summed E-state index contributed by atoms with van der Waals surface area (Å²) in [6.45, 7) is 9.20. The van der Waals surface area contributed by atoms with E-state index in [1.165, 1.54) is 23.3 Å². The highest BCUT2D eigenvalue weighted by Gasteiger charge is 2.30. The third kappa shape index (κ3) is 10.6. The van der Waals surface area contributed by atoms with Crippen LogP contribution >= 0.6 is 11.6 Å². The Morgan fingerprint density at radius 3 is 2.40 bits per heavy atom. The highest BCUT2D eigenvalue weighted by atomic mass is 35.5. The molecule has 0 saturated carbocycles. The molecule has 0 bridgehead atoms. The van der Waals surface area contributed by atoms with Crippen molar-refractivity contribution in [1.82, 2.24) is 9.62 Å². The Morgan fingerprint density at radius 2 is 1.67 bits per heavy atom. The second kappa shape index (κ2) is 19.3. The molecule has 1 amide bonds. The summed E-state index contributed by atoms with van der Waals surface area (Å²) in [5, 5.41) is 15.9. The van der Waals surface area contributed by atoms with Crippen molar-refractivity contribution in [2.75, 3.05) is 49.6 Å². The fourth-order valence-electron chi connectivity index (χ4n) is 7.91. The number of benzene rings is 5. The fourth-order valence-corrected chi connectivity index (χ4v) is 9.02. The number of anilines is 2. The molecule has 2 heterocycles. The van der Waals surface area contributed by atoms with Crippen molar-refractivity contribution in [3.05, 3.63) is 142 Å². The van der Waals surface area contributed by atoms with Gasteiger partial charge in [-0.2, -0.15) is 0 Å². The smallest absolute Gasteiger partial charge is 0.293 e. The average Bonchev–Trinajstić information content (AvgIpc) is 3.24. The lowest BCUT2D eigenvalue weighted by Crippen LogP contribution is -2.53. The van der Waals surface area contributed by atoms with Gasteiger partial charge in [0.25, 0.3) is 21.6 Å². The number of halogens is 1. The number of ether oxygens (including phenoxy) is 2. The van der Waals surface area contributed by atoms with Gasteiger partial charge in [-0.15, -0.1) is 0 Å². The molecule has 2 fully saturated rings. The van der Waals surface area contributed by atoms with Crippen molar-refractivity contribution in [2.24, 2.45) is 11.8 Å². The van der Waals surface area contributed by atoms with Crippen molar-refractivity contribution in [1.29, 1.82) is 0 Å². The maximum atomic E-state index is 13.9. The van der Waals surface area contributed by atoms with Crippen molar-refractivity contribution in [2.45, 2.75) is 50.6 Å². The molecule has 1 atom stereocenters. The van der Waals surface area contributed by atoms with E-state index in [1.807, 2.05) is 18.2 Å². The lowest BCUT2D eigenvalue weighted by molar-refractivity contribution is -0.384. The molecule has 7 rings (SSSR count). The molecule has 0 aliphatic carbocycles. The molecule has 1 unspecified atom stereocenters. The van der Waals surface area contributed by atoms with Crippen LogP contribution < -0.4 is 19.7 Å². The van der Waals surface area contributed by atoms with Gasteiger partial charge in [0, 0.05) is 74.8 Å².